The molecule has 82 valence electrons. The van der Waals surface area contributed by atoms with Crippen LogP contribution in [0.1, 0.15) is 0 Å². The van der Waals surface area contributed by atoms with Gasteiger partial charge in [-0.3, -0.25) is 4.79 Å². The van der Waals surface area contributed by atoms with Crippen molar-refractivity contribution in [2.75, 3.05) is 5.73 Å². The summed E-state index contributed by atoms with van der Waals surface area (Å²) in [5.41, 5.74) is 6.60. The van der Waals surface area contributed by atoms with Crippen LogP contribution >= 0.6 is 23.2 Å². The topological polar surface area (TPSA) is 58.9 Å². The number of pyridine rings is 1. The Bertz CT molecular complexity index is 593. The Kier molecular flexibility index (Phi) is 2.90. The van der Waals surface area contributed by atoms with Crippen molar-refractivity contribution < 1.29 is 0 Å². The highest BCUT2D eigenvalue weighted by atomic mass is 35.5. The molecule has 1 aromatic heterocycles. The van der Waals surface area contributed by atoms with Gasteiger partial charge >= 0.3 is 0 Å². The van der Waals surface area contributed by atoms with E-state index in [9.17, 15) is 4.79 Å². The van der Waals surface area contributed by atoms with Crippen molar-refractivity contribution in [2.24, 2.45) is 0 Å². The Morgan fingerprint density at radius 1 is 1.12 bits per heavy atom. The zero-order valence-electron chi connectivity index (χ0n) is 8.13. The van der Waals surface area contributed by atoms with Crippen LogP contribution in [-0.2, 0) is 0 Å². The lowest BCUT2D eigenvalue weighted by Gasteiger charge is -2.05. The predicted molar refractivity (Wildman–Crippen MR) is 66.9 cm³/mol. The van der Waals surface area contributed by atoms with Crippen molar-refractivity contribution >= 4 is 28.9 Å². The lowest BCUT2D eigenvalue weighted by atomic mass is 10.1. The number of nitrogens with two attached hydrogens (primary N) is 1. The number of hydrogen-bond acceptors (Lipinski definition) is 2. The molecule has 1 heterocycles. The number of nitrogens with one attached hydrogen (secondary N) is 1. The highest BCUT2D eigenvalue weighted by molar-refractivity contribution is 6.36. The maximum absolute atomic E-state index is 11.3. The Morgan fingerprint density at radius 2 is 1.88 bits per heavy atom. The van der Waals surface area contributed by atoms with Crippen LogP contribution in [0.15, 0.2) is 35.1 Å². The first-order valence-electron chi connectivity index (χ1n) is 4.52. The minimum atomic E-state index is -0.330. The molecule has 0 saturated heterocycles. The number of halogens is 2. The molecule has 0 fully saturated rings. The summed E-state index contributed by atoms with van der Waals surface area (Å²) in [7, 11) is 0. The quantitative estimate of drug-likeness (QED) is 0.822. The molecule has 0 atom stereocenters. The summed E-state index contributed by atoms with van der Waals surface area (Å²) < 4.78 is 0. The molecule has 0 aliphatic rings. The van der Waals surface area contributed by atoms with Crippen LogP contribution in [0.4, 0.5) is 5.69 Å². The predicted octanol–water partition coefficient (Wildman–Crippen LogP) is 2.93. The van der Waals surface area contributed by atoms with Gasteiger partial charge in [-0.05, 0) is 30.3 Å². The molecule has 2 rings (SSSR count). The Morgan fingerprint density at radius 3 is 2.50 bits per heavy atom. The first kappa shape index (κ1) is 11.0. The second kappa shape index (κ2) is 4.20. The third-order valence-electron chi connectivity index (χ3n) is 2.16. The molecule has 0 unspecified atom stereocenters. The standard InChI is InChI=1S/C11H8Cl2N2O/c12-6-1-2-7(8(13)5-6)10-4-3-9(14)11(16)15-10/h1-5H,14H2,(H,15,16). The van der Waals surface area contributed by atoms with Crippen molar-refractivity contribution in [1.29, 1.82) is 0 Å². The number of anilines is 1. The number of H-pyrrole nitrogens is 1. The summed E-state index contributed by atoms with van der Waals surface area (Å²) in [6.45, 7) is 0. The second-order valence-electron chi connectivity index (χ2n) is 3.28. The number of benzene rings is 1. The van der Waals surface area contributed by atoms with Gasteiger partial charge in [0.15, 0.2) is 0 Å². The number of aromatic amines is 1. The zero-order chi connectivity index (χ0) is 11.7. The molecule has 0 radical (unpaired) electrons. The Balaban J connectivity index is 2.59. The molecular formula is C11H8Cl2N2O. The molecule has 0 bridgehead atoms. The van der Waals surface area contributed by atoms with Gasteiger partial charge in [-0.2, -0.15) is 0 Å². The van der Waals surface area contributed by atoms with Crippen LogP contribution in [0, 0.1) is 0 Å². The van der Waals surface area contributed by atoms with Gasteiger partial charge in [-0.1, -0.05) is 23.2 Å². The van der Waals surface area contributed by atoms with Crippen molar-refractivity contribution in [3.8, 4) is 11.3 Å². The summed E-state index contributed by atoms with van der Waals surface area (Å²) in [6.07, 6.45) is 0. The van der Waals surface area contributed by atoms with Gasteiger partial charge in [0.05, 0.1) is 10.7 Å². The van der Waals surface area contributed by atoms with Crippen LogP contribution in [0.2, 0.25) is 10.0 Å². The van der Waals surface area contributed by atoms with Gasteiger partial charge in [0.1, 0.15) is 0 Å². The van der Waals surface area contributed by atoms with Crippen LogP contribution in [0.5, 0.6) is 0 Å². The molecule has 0 saturated carbocycles. The molecule has 3 N–H and O–H groups in total. The fourth-order valence-corrected chi connectivity index (χ4v) is 1.86. The molecular weight excluding hydrogens is 247 g/mol. The van der Waals surface area contributed by atoms with Crippen LogP contribution in [-0.4, -0.2) is 4.98 Å². The first-order chi connectivity index (χ1) is 7.58. The number of nitrogen functional groups attached to an aromatic ring is 1. The second-order valence-corrected chi connectivity index (χ2v) is 4.12. The normalized spacial score (nSPS) is 10.4. The number of hydrogen-bond donors (Lipinski definition) is 2. The Hall–Kier alpha value is -1.45. The fraction of sp³-hybridized carbons (Fsp3) is 0. The van der Waals surface area contributed by atoms with Gasteiger partial charge in [-0.15, -0.1) is 0 Å². The van der Waals surface area contributed by atoms with Gasteiger partial charge in [0, 0.05) is 16.3 Å². The average Bonchev–Trinajstić information content (AvgIpc) is 2.22. The molecule has 5 heteroatoms. The van der Waals surface area contributed by atoms with E-state index in [1.54, 1.807) is 30.3 Å². The molecule has 2 aromatic rings. The van der Waals surface area contributed by atoms with E-state index in [1.807, 2.05) is 0 Å². The van der Waals surface area contributed by atoms with Gasteiger partial charge in [-0.25, -0.2) is 0 Å². The fourth-order valence-electron chi connectivity index (χ4n) is 1.35. The lowest BCUT2D eigenvalue weighted by molar-refractivity contribution is 1.25. The SMILES string of the molecule is Nc1ccc(-c2ccc(Cl)cc2Cl)[nH]c1=O. The lowest BCUT2D eigenvalue weighted by Crippen LogP contribution is -2.11. The molecule has 3 nitrogen and oxygen atoms in total. The summed E-state index contributed by atoms with van der Waals surface area (Å²) in [6, 6.07) is 8.31. The molecule has 0 aliphatic heterocycles. The molecule has 0 spiro atoms. The van der Waals surface area contributed by atoms with Crippen LogP contribution in [0.25, 0.3) is 11.3 Å². The molecule has 0 aliphatic carbocycles. The number of rotatable bonds is 1. The highest BCUT2D eigenvalue weighted by Crippen LogP contribution is 2.28. The largest absolute Gasteiger partial charge is 0.394 e. The van der Waals surface area contributed by atoms with E-state index < -0.39 is 0 Å². The smallest absolute Gasteiger partial charge is 0.271 e. The molecule has 0 amide bonds. The molecule has 16 heavy (non-hydrogen) atoms. The van der Waals surface area contributed by atoms with E-state index in [2.05, 4.69) is 4.98 Å². The number of aromatic nitrogens is 1. The third-order valence-corrected chi connectivity index (χ3v) is 2.71. The van der Waals surface area contributed by atoms with E-state index in [4.69, 9.17) is 28.9 Å². The van der Waals surface area contributed by atoms with E-state index in [0.717, 1.165) is 0 Å². The monoisotopic (exact) mass is 254 g/mol. The van der Waals surface area contributed by atoms with Crippen molar-refractivity contribution in [3.05, 3.63) is 50.7 Å². The first-order valence-corrected chi connectivity index (χ1v) is 5.28. The van der Waals surface area contributed by atoms with E-state index >= 15 is 0 Å². The maximum Gasteiger partial charge on any atom is 0.271 e. The van der Waals surface area contributed by atoms with Crippen molar-refractivity contribution in [1.82, 2.24) is 4.98 Å². The minimum Gasteiger partial charge on any atom is -0.394 e. The molecule has 1 aromatic carbocycles. The van der Waals surface area contributed by atoms with Gasteiger partial charge in [0.2, 0.25) is 0 Å². The van der Waals surface area contributed by atoms with Gasteiger partial charge in [0.25, 0.3) is 5.56 Å². The van der Waals surface area contributed by atoms with Crippen molar-refractivity contribution in [3.63, 3.8) is 0 Å². The van der Waals surface area contributed by atoms with Crippen LogP contribution < -0.4 is 11.3 Å². The van der Waals surface area contributed by atoms with E-state index in [0.29, 0.717) is 21.3 Å². The van der Waals surface area contributed by atoms with Crippen molar-refractivity contribution in [2.45, 2.75) is 0 Å². The summed E-state index contributed by atoms with van der Waals surface area (Å²) in [5.74, 6) is 0. The summed E-state index contributed by atoms with van der Waals surface area (Å²) >= 11 is 11.8. The summed E-state index contributed by atoms with van der Waals surface area (Å²) in [5, 5.41) is 1.03. The van der Waals surface area contributed by atoms with Gasteiger partial charge < -0.3 is 10.7 Å². The minimum absolute atomic E-state index is 0.175. The highest BCUT2D eigenvalue weighted by Gasteiger charge is 2.05. The summed E-state index contributed by atoms with van der Waals surface area (Å²) in [4.78, 5) is 14.0. The van der Waals surface area contributed by atoms with E-state index in [-0.39, 0.29) is 11.2 Å². The zero-order valence-corrected chi connectivity index (χ0v) is 9.64. The maximum atomic E-state index is 11.3. The average molecular weight is 255 g/mol. The Labute approximate surface area is 102 Å². The van der Waals surface area contributed by atoms with Crippen LogP contribution in [0.3, 0.4) is 0 Å². The van der Waals surface area contributed by atoms with E-state index in [1.165, 1.54) is 0 Å². The third kappa shape index (κ3) is 2.05.